The molecule has 0 aliphatic carbocycles. The number of anilines is 2. The molecular weight excluding hydrogens is 340 g/mol. The summed E-state index contributed by atoms with van der Waals surface area (Å²) in [6.07, 6.45) is 1.67. The largest absolute Gasteiger partial charge is 0.478 e. The van der Waals surface area contributed by atoms with Crippen LogP contribution >= 0.6 is 0 Å². The minimum atomic E-state index is -0.982. The maximum absolute atomic E-state index is 11.5. The third kappa shape index (κ3) is 3.43. The molecule has 2 N–H and O–H groups in total. The third-order valence-electron chi connectivity index (χ3n) is 4.13. The van der Waals surface area contributed by atoms with Crippen LogP contribution in [0.5, 0.6) is 11.5 Å². The van der Waals surface area contributed by atoms with E-state index in [1.165, 1.54) is 0 Å². The summed E-state index contributed by atoms with van der Waals surface area (Å²) in [7, 11) is 0. The van der Waals surface area contributed by atoms with Crippen LogP contribution in [0, 0.1) is 0 Å². The minimum absolute atomic E-state index is 0.208. The second kappa shape index (κ2) is 7.17. The number of aromatic carboxylic acids is 1. The van der Waals surface area contributed by atoms with E-state index in [1.807, 2.05) is 54.6 Å². The molecule has 0 aliphatic heterocycles. The molecule has 0 unspecified atom stereocenters. The van der Waals surface area contributed by atoms with Crippen LogP contribution in [-0.2, 0) is 0 Å². The first-order valence-electron chi connectivity index (χ1n) is 8.42. The van der Waals surface area contributed by atoms with E-state index >= 15 is 0 Å². The number of para-hydroxylation sites is 3. The van der Waals surface area contributed by atoms with Crippen LogP contribution in [-0.4, -0.2) is 16.1 Å². The number of ether oxygens (including phenoxy) is 1. The molecule has 1 aromatic heterocycles. The van der Waals surface area contributed by atoms with Gasteiger partial charge in [-0.05, 0) is 36.4 Å². The molecule has 5 nitrogen and oxygen atoms in total. The van der Waals surface area contributed by atoms with Gasteiger partial charge in [0.2, 0.25) is 0 Å². The maximum atomic E-state index is 11.5. The van der Waals surface area contributed by atoms with Gasteiger partial charge in [0.15, 0.2) is 5.75 Å². The van der Waals surface area contributed by atoms with Gasteiger partial charge in [-0.3, -0.25) is 4.98 Å². The Labute approximate surface area is 155 Å². The normalized spacial score (nSPS) is 10.5. The van der Waals surface area contributed by atoms with Gasteiger partial charge in [0.05, 0.1) is 11.3 Å². The van der Waals surface area contributed by atoms with Gasteiger partial charge in [-0.25, -0.2) is 4.79 Å². The third-order valence-corrected chi connectivity index (χ3v) is 4.13. The fourth-order valence-corrected chi connectivity index (χ4v) is 2.88. The fraction of sp³-hybridized carbons (Fsp3) is 0. The van der Waals surface area contributed by atoms with E-state index in [4.69, 9.17) is 4.74 Å². The molecule has 1 heterocycles. The molecule has 132 valence electrons. The summed E-state index contributed by atoms with van der Waals surface area (Å²) in [5, 5.41) is 13.4. The fourth-order valence-electron chi connectivity index (χ4n) is 2.88. The van der Waals surface area contributed by atoms with Gasteiger partial charge in [-0.2, -0.15) is 0 Å². The summed E-state index contributed by atoms with van der Waals surface area (Å²) in [4.78, 5) is 15.9. The molecule has 4 rings (SSSR count). The summed E-state index contributed by atoms with van der Waals surface area (Å²) in [6.45, 7) is 0. The number of rotatable bonds is 5. The Hall–Kier alpha value is -3.86. The molecule has 0 fully saturated rings. The lowest BCUT2D eigenvalue weighted by atomic mass is 10.1. The second-order valence-corrected chi connectivity index (χ2v) is 5.90. The standard InChI is InChI=1S/C22H16N2O3/c25-22(26)17-9-4-5-11-18(17)24-19-13-14-23-21-16(19)10-6-12-20(21)27-15-7-2-1-3-8-15/h1-14H,(H,23,24)(H,25,26). The van der Waals surface area contributed by atoms with Gasteiger partial charge in [-0.1, -0.05) is 42.5 Å². The molecule has 0 atom stereocenters. The first-order chi connectivity index (χ1) is 13.2. The molecule has 0 radical (unpaired) electrons. The van der Waals surface area contributed by atoms with Crippen molar-refractivity contribution in [3.8, 4) is 11.5 Å². The average Bonchev–Trinajstić information content (AvgIpc) is 2.70. The number of nitrogens with zero attached hydrogens (tertiary/aromatic N) is 1. The number of hydrogen-bond acceptors (Lipinski definition) is 4. The van der Waals surface area contributed by atoms with Crippen molar-refractivity contribution >= 4 is 28.2 Å². The Morgan fingerprint density at radius 2 is 1.63 bits per heavy atom. The van der Waals surface area contributed by atoms with Crippen molar-refractivity contribution < 1.29 is 14.6 Å². The number of carbonyl (C=O) groups is 1. The Kier molecular flexibility index (Phi) is 4.41. The number of nitrogens with one attached hydrogen (secondary N) is 1. The summed E-state index contributed by atoms with van der Waals surface area (Å²) >= 11 is 0. The highest BCUT2D eigenvalue weighted by Crippen LogP contribution is 2.33. The highest BCUT2D eigenvalue weighted by molar-refractivity contribution is 5.99. The SMILES string of the molecule is O=C(O)c1ccccc1Nc1ccnc2c(Oc3ccccc3)cccc12. The van der Waals surface area contributed by atoms with Crippen molar-refractivity contribution in [2.75, 3.05) is 5.32 Å². The zero-order valence-electron chi connectivity index (χ0n) is 14.3. The van der Waals surface area contributed by atoms with E-state index in [0.717, 1.165) is 16.8 Å². The van der Waals surface area contributed by atoms with Gasteiger partial charge in [-0.15, -0.1) is 0 Å². The van der Waals surface area contributed by atoms with Crippen LogP contribution in [0.25, 0.3) is 10.9 Å². The molecular formula is C22H16N2O3. The van der Waals surface area contributed by atoms with Crippen molar-refractivity contribution in [2.24, 2.45) is 0 Å². The lowest BCUT2D eigenvalue weighted by Gasteiger charge is -2.13. The summed E-state index contributed by atoms with van der Waals surface area (Å²) in [5.41, 5.74) is 2.18. The van der Waals surface area contributed by atoms with Crippen molar-refractivity contribution in [3.63, 3.8) is 0 Å². The Morgan fingerprint density at radius 3 is 2.44 bits per heavy atom. The smallest absolute Gasteiger partial charge is 0.337 e. The van der Waals surface area contributed by atoms with E-state index in [0.29, 0.717) is 17.0 Å². The number of carboxylic acid groups (broad SMARTS) is 1. The quantitative estimate of drug-likeness (QED) is 0.496. The van der Waals surface area contributed by atoms with E-state index in [1.54, 1.807) is 30.5 Å². The van der Waals surface area contributed by atoms with Gasteiger partial charge >= 0.3 is 5.97 Å². The van der Waals surface area contributed by atoms with Crippen molar-refractivity contribution in [1.82, 2.24) is 4.98 Å². The summed E-state index contributed by atoms with van der Waals surface area (Å²) in [6, 6.07) is 23.8. The topological polar surface area (TPSA) is 71.5 Å². The van der Waals surface area contributed by atoms with Crippen LogP contribution in [0.4, 0.5) is 11.4 Å². The summed E-state index contributed by atoms with van der Waals surface area (Å²) in [5.74, 6) is 0.375. The molecule has 0 saturated heterocycles. The van der Waals surface area contributed by atoms with E-state index in [-0.39, 0.29) is 5.56 Å². The molecule has 4 aromatic rings. The highest BCUT2D eigenvalue weighted by Gasteiger charge is 2.12. The molecule has 3 aromatic carbocycles. The number of hydrogen-bond donors (Lipinski definition) is 2. The second-order valence-electron chi connectivity index (χ2n) is 5.90. The maximum Gasteiger partial charge on any atom is 0.337 e. The predicted octanol–water partition coefficient (Wildman–Crippen LogP) is 5.47. The lowest BCUT2D eigenvalue weighted by Crippen LogP contribution is -2.02. The predicted molar refractivity (Wildman–Crippen MR) is 105 cm³/mol. The van der Waals surface area contributed by atoms with Crippen molar-refractivity contribution in [3.05, 3.63) is 90.6 Å². The average molecular weight is 356 g/mol. The Bertz CT molecular complexity index is 1110. The molecule has 0 spiro atoms. The number of pyridine rings is 1. The molecule has 5 heteroatoms. The molecule has 0 bridgehead atoms. The Balaban J connectivity index is 1.75. The number of benzene rings is 3. The minimum Gasteiger partial charge on any atom is -0.478 e. The molecule has 0 aliphatic rings. The van der Waals surface area contributed by atoms with E-state index in [2.05, 4.69) is 10.3 Å². The van der Waals surface area contributed by atoms with Gasteiger partial charge in [0.25, 0.3) is 0 Å². The van der Waals surface area contributed by atoms with Crippen LogP contribution in [0.3, 0.4) is 0 Å². The van der Waals surface area contributed by atoms with Crippen LogP contribution < -0.4 is 10.1 Å². The monoisotopic (exact) mass is 356 g/mol. The lowest BCUT2D eigenvalue weighted by molar-refractivity contribution is 0.0698. The molecule has 0 saturated carbocycles. The Morgan fingerprint density at radius 1 is 0.852 bits per heavy atom. The first-order valence-corrected chi connectivity index (χ1v) is 8.42. The first kappa shape index (κ1) is 16.6. The van der Waals surface area contributed by atoms with E-state index in [9.17, 15) is 9.90 Å². The molecule has 27 heavy (non-hydrogen) atoms. The highest BCUT2D eigenvalue weighted by atomic mass is 16.5. The zero-order valence-corrected chi connectivity index (χ0v) is 14.3. The van der Waals surface area contributed by atoms with Crippen molar-refractivity contribution in [2.45, 2.75) is 0 Å². The van der Waals surface area contributed by atoms with E-state index < -0.39 is 5.97 Å². The zero-order chi connectivity index (χ0) is 18.6. The van der Waals surface area contributed by atoms with Crippen LogP contribution in [0.2, 0.25) is 0 Å². The number of carboxylic acids is 1. The summed E-state index contributed by atoms with van der Waals surface area (Å²) < 4.78 is 5.97. The van der Waals surface area contributed by atoms with Crippen LogP contribution in [0.1, 0.15) is 10.4 Å². The van der Waals surface area contributed by atoms with Crippen molar-refractivity contribution in [1.29, 1.82) is 0 Å². The number of aromatic nitrogens is 1. The van der Waals surface area contributed by atoms with Crippen LogP contribution in [0.15, 0.2) is 85.1 Å². The number of fused-ring (bicyclic) bond motifs is 1. The van der Waals surface area contributed by atoms with Gasteiger partial charge in [0, 0.05) is 17.3 Å². The van der Waals surface area contributed by atoms with Gasteiger partial charge < -0.3 is 15.2 Å². The molecule has 0 amide bonds. The van der Waals surface area contributed by atoms with Gasteiger partial charge in [0.1, 0.15) is 11.3 Å².